The summed E-state index contributed by atoms with van der Waals surface area (Å²) in [5.41, 5.74) is 7.30. The molecule has 0 spiro atoms. The van der Waals surface area contributed by atoms with Crippen LogP contribution in [0.5, 0.6) is 0 Å². The SMILES string of the molecule is CCNC(=O)c1ccc(NC(=O)C2CCCCC2N)cc1. The van der Waals surface area contributed by atoms with Gasteiger partial charge in [-0.2, -0.15) is 0 Å². The van der Waals surface area contributed by atoms with Crippen molar-refractivity contribution in [3.63, 3.8) is 0 Å². The van der Waals surface area contributed by atoms with E-state index in [9.17, 15) is 9.59 Å². The second-order valence-corrected chi connectivity index (χ2v) is 5.48. The number of rotatable bonds is 4. The molecular formula is C16H23N3O2. The van der Waals surface area contributed by atoms with E-state index in [1.807, 2.05) is 6.92 Å². The van der Waals surface area contributed by atoms with E-state index in [1.165, 1.54) is 0 Å². The lowest BCUT2D eigenvalue weighted by molar-refractivity contribution is -0.121. The van der Waals surface area contributed by atoms with Crippen LogP contribution < -0.4 is 16.4 Å². The fraction of sp³-hybridized carbons (Fsp3) is 0.500. The van der Waals surface area contributed by atoms with Gasteiger partial charge in [0.25, 0.3) is 5.91 Å². The molecule has 0 aliphatic heterocycles. The maximum Gasteiger partial charge on any atom is 0.251 e. The van der Waals surface area contributed by atoms with Crippen molar-refractivity contribution in [1.29, 1.82) is 0 Å². The number of nitrogens with one attached hydrogen (secondary N) is 2. The fourth-order valence-electron chi connectivity index (χ4n) is 2.69. The van der Waals surface area contributed by atoms with Crippen molar-refractivity contribution in [2.24, 2.45) is 11.7 Å². The minimum Gasteiger partial charge on any atom is -0.352 e. The van der Waals surface area contributed by atoms with Crippen molar-refractivity contribution in [1.82, 2.24) is 5.32 Å². The Kier molecular flexibility index (Phi) is 5.33. The van der Waals surface area contributed by atoms with Crippen molar-refractivity contribution < 1.29 is 9.59 Å². The van der Waals surface area contributed by atoms with Crippen LogP contribution in [0.2, 0.25) is 0 Å². The molecule has 2 rings (SSSR count). The Morgan fingerprint density at radius 2 is 1.86 bits per heavy atom. The highest BCUT2D eigenvalue weighted by atomic mass is 16.2. The van der Waals surface area contributed by atoms with Gasteiger partial charge < -0.3 is 16.4 Å². The monoisotopic (exact) mass is 289 g/mol. The average Bonchev–Trinajstić information content (AvgIpc) is 2.48. The van der Waals surface area contributed by atoms with Crippen LogP contribution in [0.3, 0.4) is 0 Å². The van der Waals surface area contributed by atoms with E-state index < -0.39 is 0 Å². The zero-order valence-electron chi connectivity index (χ0n) is 12.4. The first-order valence-corrected chi connectivity index (χ1v) is 7.56. The second kappa shape index (κ2) is 7.22. The fourth-order valence-corrected chi connectivity index (χ4v) is 2.69. The predicted molar refractivity (Wildman–Crippen MR) is 83.0 cm³/mol. The van der Waals surface area contributed by atoms with Crippen LogP contribution in [-0.2, 0) is 4.79 Å². The number of hydrogen-bond acceptors (Lipinski definition) is 3. The van der Waals surface area contributed by atoms with E-state index in [0.717, 1.165) is 25.7 Å². The third kappa shape index (κ3) is 4.04. The summed E-state index contributed by atoms with van der Waals surface area (Å²) in [5.74, 6) is -0.237. The number of hydrogen-bond donors (Lipinski definition) is 3. The Hall–Kier alpha value is -1.88. The first kappa shape index (κ1) is 15.5. The molecule has 1 aliphatic rings. The quantitative estimate of drug-likeness (QED) is 0.791. The molecule has 2 amide bonds. The van der Waals surface area contributed by atoms with Crippen LogP contribution in [0.15, 0.2) is 24.3 Å². The van der Waals surface area contributed by atoms with Crippen LogP contribution >= 0.6 is 0 Å². The molecule has 1 aromatic carbocycles. The lowest BCUT2D eigenvalue weighted by atomic mass is 9.84. The maximum atomic E-state index is 12.2. The maximum absolute atomic E-state index is 12.2. The van der Waals surface area contributed by atoms with Crippen molar-refractivity contribution in [2.45, 2.75) is 38.6 Å². The zero-order chi connectivity index (χ0) is 15.2. The summed E-state index contributed by atoms with van der Waals surface area (Å²) < 4.78 is 0. The molecule has 0 aromatic heterocycles. The summed E-state index contributed by atoms with van der Waals surface area (Å²) in [5, 5.41) is 5.63. The summed E-state index contributed by atoms with van der Waals surface area (Å²) in [6.45, 7) is 2.47. The Balaban J connectivity index is 1.96. The van der Waals surface area contributed by atoms with Gasteiger partial charge in [0.2, 0.25) is 5.91 Å². The van der Waals surface area contributed by atoms with Gasteiger partial charge in [0, 0.05) is 23.8 Å². The summed E-state index contributed by atoms with van der Waals surface area (Å²) in [6.07, 6.45) is 3.92. The molecule has 5 heteroatoms. The summed E-state index contributed by atoms with van der Waals surface area (Å²) >= 11 is 0. The standard InChI is InChI=1S/C16H23N3O2/c1-2-18-15(20)11-7-9-12(10-8-11)19-16(21)13-5-3-4-6-14(13)17/h7-10,13-14H,2-6,17H2,1H3,(H,18,20)(H,19,21). The Labute approximate surface area is 125 Å². The van der Waals surface area contributed by atoms with Gasteiger partial charge in [0.1, 0.15) is 0 Å². The van der Waals surface area contributed by atoms with E-state index in [4.69, 9.17) is 5.73 Å². The molecule has 21 heavy (non-hydrogen) atoms. The van der Waals surface area contributed by atoms with Crippen molar-refractivity contribution >= 4 is 17.5 Å². The van der Waals surface area contributed by atoms with E-state index in [1.54, 1.807) is 24.3 Å². The number of nitrogens with two attached hydrogens (primary N) is 1. The third-order valence-corrected chi connectivity index (χ3v) is 3.91. The van der Waals surface area contributed by atoms with E-state index in [2.05, 4.69) is 10.6 Å². The molecule has 1 aliphatic carbocycles. The molecule has 0 saturated heterocycles. The molecule has 114 valence electrons. The number of anilines is 1. The average molecular weight is 289 g/mol. The molecule has 5 nitrogen and oxygen atoms in total. The summed E-state index contributed by atoms with van der Waals surface area (Å²) in [6, 6.07) is 6.87. The van der Waals surface area contributed by atoms with Gasteiger partial charge in [0.15, 0.2) is 0 Å². The zero-order valence-corrected chi connectivity index (χ0v) is 12.4. The van der Waals surface area contributed by atoms with E-state index in [0.29, 0.717) is 17.8 Å². The molecule has 0 bridgehead atoms. The smallest absolute Gasteiger partial charge is 0.251 e. The topological polar surface area (TPSA) is 84.2 Å². The minimum atomic E-state index is -0.109. The van der Waals surface area contributed by atoms with Crippen LogP contribution in [0.1, 0.15) is 43.0 Å². The molecule has 2 atom stereocenters. The van der Waals surface area contributed by atoms with Crippen LogP contribution in [-0.4, -0.2) is 24.4 Å². The molecule has 0 heterocycles. The lowest BCUT2D eigenvalue weighted by Crippen LogP contribution is -2.40. The third-order valence-electron chi connectivity index (χ3n) is 3.91. The van der Waals surface area contributed by atoms with Gasteiger partial charge >= 0.3 is 0 Å². The molecule has 4 N–H and O–H groups in total. The first-order valence-electron chi connectivity index (χ1n) is 7.56. The molecule has 0 radical (unpaired) electrons. The number of benzene rings is 1. The van der Waals surface area contributed by atoms with Crippen molar-refractivity contribution in [3.8, 4) is 0 Å². The lowest BCUT2D eigenvalue weighted by Gasteiger charge is -2.27. The van der Waals surface area contributed by atoms with Crippen molar-refractivity contribution in [2.75, 3.05) is 11.9 Å². The van der Waals surface area contributed by atoms with Crippen LogP contribution in [0.4, 0.5) is 5.69 Å². The molecule has 2 unspecified atom stereocenters. The van der Waals surface area contributed by atoms with Crippen molar-refractivity contribution in [3.05, 3.63) is 29.8 Å². The normalized spacial score (nSPS) is 21.6. The summed E-state index contributed by atoms with van der Waals surface area (Å²) in [4.78, 5) is 23.9. The number of carbonyl (C=O) groups is 2. The number of carbonyl (C=O) groups excluding carboxylic acids is 2. The van der Waals surface area contributed by atoms with Gasteiger partial charge in [-0.3, -0.25) is 9.59 Å². The first-order chi connectivity index (χ1) is 10.1. The molecule has 1 aromatic rings. The molecule has 1 fully saturated rings. The highest BCUT2D eigenvalue weighted by Gasteiger charge is 2.28. The Morgan fingerprint density at radius 1 is 1.19 bits per heavy atom. The van der Waals surface area contributed by atoms with Crippen LogP contribution in [0, 0.1) is 5.92 Å². The second-order valence-electron chi connectivity index (χ2n) is 5.48. The predicted octanol–water partition coefficient (Wildman–Crippen LogP) is 1.89. The van der Waals surface area contributed by atoms with Gasteiger partial charge in [-0.1, -0.05) is 12.8 Å². The van der Waals surface area contributed by atoms with Gasteiger partial charge in [-0.05, 0) is 44.0 Å². The summed E-state index contributed by atoms with van der Waals surface area (Å²) in [7, 11) is 0. The minimum absolute atomic E-state index is 0.0204. The molecular weight excluding hydrogens is 266 g/mol. The van der Waals surface area contributed by atoms with E-state index in [-0.39, 0.29) is 23.8 Å². The van der Waals surface area contributed by atoms with E-state index >= 15 is 0 Å². The largest absolute Gasteiger partial charge is 0.352 e. The number of amides is 2. The van der Waals surface area contributed by atoms with Gasteiger partial charge in [-0.25, -0.2) is 0 Å². The van der Waals surface area contributed by atoms with Gasteiger partial charge in [-0.15, -0.1) is 0 Å². The van der Waals surface area contributed by atoms with Gasteiger partial charge in [0.05, 0.1) is 5.92 Å². The highest BCUT2D eigenvalue weighted by Crippen LogP contribution is 2.24. The Bertz CT molecular complexity index is 499. The Morgan fingerprint density at radius 3 is 2.48 bits per heavy atom. The molecule has 1 saturated carbocycles. The highest BCUT2D eigenvalue weighted by molar-refractivity contribution is 5.96. The van der Waals surface area contributed by atoms with Crippen LogP contribution in [0.25, 0.3) is 0 Å².